The summed E-state index contributed by atoms with van der Waals surface area (Å²) in [5.41, 5.74) is -1.07. The molecule has 0 radical (unpaired) electrons. The number of anilines is 3. The van der Waals surface area contributed by atoms with Gasteiger partial charge in [-0.25, -0.2) is 4.79 Å². The molecule has 0 atom stereocenters. The minimum Gasteiger partial charge on any atom is -0.444 e. The van der Waals surface area contributed by atoms with E-state index in [1.807, 2.05) is 16.7 Å². The molecule has 2 aromatic heterocycles. The standard InChI is InChI=1S/C30H38ClF3N8O5/c1-6-22-24(38-7-9-40(10-8-38)28(45)47-29(3,4)5)25(44)42-27(36-26(37-42)39-11-13-46-14-12-39)41(22)17-23(43)35-21-16-19(30(32,33)34)20(31)15-18(21)2/h15-16H,6-14,17H2,1-5H3,(H,35,43). The van der Waals surface area contributed by atoms with Gasteiger partial charge in [0.05, 0.1) is 29.5 Å². The molecular formula is C30H38ClF3N8O5. The largest absolute Gasteiger partial charge is 0.444 e. The molecule has 3 aromatic rings. The van der Waals surface area contributed by atoms with Gasteiger partial charge in [-0.3, -0.25) is 9.59 Å². The zero-order valence-electron chi connectivity index (χ0n) is 26.9. The predicted octanol–water partition coefficient (Wildman–Crippen LogP) is 3.97. The van der Waals surface area contributed by atoms with E-state index in [0.717, 1.165) is 16.6 Å². The quantitative estimate of drug-likeness (QED) is 0.411. The van der Waals surface area contributed by atoms with Crippen LogP contribution in [0.4, 0.5) is 35.3 Å². The second-order valence-electron chi connectivity index (χ2n) is 12.4. The van der Waals surface area contributed by atoms with E-state index in [4.69, 9.17) is 21.1 Å². The van der Waals surface area contributed by atoms with Crippen molar-refractivity contribution in [3.63, 3.8) is 0 Å². The van der Waals surface area contributed by atoms with Gasteiger partial charge < -0.3 is 34.1 Å². The van der Waals surface area contributed by atoms with Crippen molar-refractivity contribution in [3.8, 4) is 0 Å². The van der Waals surface area contributed by atoms with E-state index < -0.39 is 39.9 Å². The molecule has 0 unspecified atom stereocenters. The fraction of sp³-hybridized carbons (Fsp3) is 0.567. The fourth-order valence-corrected chi connectivity index (χ4v) is 5.94. The molecule has 4 heterocycles. The molecule has 47 heavy (non-hydrogen) atoms. The van der Waals surface area contributed by atoms with Gasteiger partial charge in [0.15, 0.2) is 0 Å². The van der Waals surface area contributed by atoms with Gasteiger partial charge in [0.25, 0.3) is 5.56 Å². The third-order valence-electron chi connectivity index (χ3n) is 7.89. The van der Waals surface area contributed by atoms with Crippen LogP contribution in [0.1, 0.15) is 44.5 Å². The normalized spacial score (nSPS) is 16.1. The van der Waals surface area contributed by atoms with Crippen LogP contribution in [0.15, 0.2) is 16.9 Å². The highest BCUT2D eigenvalue weighted by molar-refractivity contribution is 6.31. The van der Waals surface area contributed by atoms with Gasteiger partial charge in [-0.2, -0.15) is 22.7 Å². The van der Waals surface area contributed by atoms with E-state index in [2.05, 4.69) is 15.4 Å². The Balaban J connectivity index is 1.52. The maximum atomic E-state index is 14.1. The average Bonchev–Trinajstić information content (AvgIpc) is 3.45. The number of fused-ring (bicyclic) bond motifs is 1. The Bertz CT molecular complexity index is 1720. The molecule has 0 aliphatic carbocycles. The molecule has 2 aliphatic rings. The summed E-state index contributed by atoms with van der Waals surface area (Å²) in [4.78, 5) is 50.2. The molecular weight excluding hydrogens is 645 g/mol. The van der Waals surface area contributed by atoms with Gasteiger partial charge in [0.1, 0.15) is 17.8 Å². The molecule has 13 nitrogen and oxygen atoms in total. The molecule has 5 rings (SSSR count). The number of halogens is 4. The van der Waals surface area contributed by atoms with Crippen molar-refractivity contribution in [3.05, 3.63) is 44.3 Å². The zero-order valence-corrected chi connectivity index (χ0v) is 27.7. The summed E-state index contributed by atoms with van der Waals surface area (Å²) < 4.78 is 54.4. The number of aromatic nitrogens is 4. The topological polar surface area (TPSA) is 127 Å². The molecule has 2 saturated heterocycles. The summed E-state index contributed by atoms with van der Waals surface area (Å²) in [6.45, 7) is 11.5. The van der Waals surface area contributed by atoms with Crippen molar-refractivity contribution in [2.24, 2.45) is 0 Å². The highest BCUT2D eigenvalue weighted by atomic mass is 35.5. The Hall–Kier alpha value is -4.05. The minimum atomic E-state index is -4.72. The van der Waals surface area contributed by atoms with Crippen LogP contribution in [0.3, 0.4) is 0 Å². The lowest BCUT2D eigenvalue weighted by Crippen LogP contribution is -2.51. The minimum absolute atomic E-state index is 0.0456. The van der Waals surface area contributed by atoms with E-state index >= 15 is 0 Å². The van der Waals surface area contributed by atoms with Crippen LogP contribution in [-0.2, 0) is 33.4 Å². The third-order valence-corrected chi connectivity index (χ3v) is 8.20. The van der Waals surface area contributed by atoms with Gasteiger partial charge in [0.2, 0.25) is 17.6 Å². The van der Waals surface area contributed by atoms with Crippen molar-refractivity contribution in [2.75, 3.05) is 67.6 Å². The maximum absolute atomic E-state index is 14.1. The van der Waals surface area contributed by atoms with E-state index in [9.17, 15) is 27.6 Å². The second-order valence-corrected chi connectivity index (χ2v) is 12.8. The molecule has 256 valence electrons. The molecule has 1 aromatic carbocycles. The van der Waals surface area contributed by atoms with Crippen molar-refractivity contribution in [2.45, 2.75) is 59.4 Å². The van der Waals surface area contributed by atoms with Gasteiger partial charge in [-0.05, 0) is 51.8 Å². The molecule has 0 saturated carbocycles. The van der Waals surface area contributed by atoms with Crippen molar-refractivity contribution in [1.82, 2.24) is 24.1 Å². The van der Waals surface area contributed by atoms with Crippen LogP contribution in [-0.4, -0.2) is 94.1 Å². The molecule has 2 fully saturated rings. The number of carbonyl (C=O) groups is 2. The van der Waals surface area contributed by atoms with Gasteiger partial charge >= 0.3 is 12.3 Å². The monoisotopic (exact) mass is 682 g/mol. The first-order chi connectivity index (χ1) is 22.1. The predicted molar refractivity (Wildman–Crippen MR) is 169 cm³/mol. The van der Waals surface area contributed by atoms with E-state index in [0.29, 0.717) is 75.8 Å². The summed E-state index contributed by atoms with van der Waals surface area (Å²) in [7, 11) is 0. The van der Waals surface area contributed by atoms with Crippen LogP contribution in [0, 0.1) is 6.92 Å². The lowest BCUT2D eigenvalue weighted by atomic mass is 10.1. The van der Waals surface area contributed by atoms with Crippen LogP contribution in [0.5, 0.6) is 0 Å². The van der Waals surface area contributed by atoms with E-state index in [1.54, 1.807) is 37.2 Å². The molecule has 17 heteroatoms. The van der Waals surface area contributed by atoms with Crippen LogP contribution in [0.2, 0.25) is 5.02 Å². The second kappa shape index (κ2) is 13.2. The first-order valence-electron chi connectivity index (χ1n) is 15.3. The Labute approximate surface area is 274 Å². The van der Waals surface area contributed by atoms with Crippen LogP contribution < -0.4 is 20.7 Å². The number of amides is 2. The molecule has 0 bridgehead atoms. The number of nitrogens with one attached hydrogen (secondary N) is 1. The first kappa shape index (κ1) is 34.3. The summed E-state index contributed by atoms with van der Waals surface area (Å²) in [5, 5.41) is 6.63. The Kier molecular flexibility index (Phi) is 9.64. The van der Waals surface area contributed by atoms with Crippen LogP contribution in [0.25, 0.3) is 5.78 Å². The Morgan fingerprint density at radius 2 is 1.70 bits per heavy atom. The van der Waals surface area contributed by atoms with Crippen molar-refractivity contribution < 1.29 is 32.2 Å². The first-order valence-corrected chi connectivity index (χ1v) is 15.7. The number of piperazine rings is 1. The van der Waals surface area contributed by atoms with Gasteiger partial charge in [-0.1, -0.05) is 18.5 Å². The number of hydrogen-bond donors (Lipinski definition) is 1. The third kappa shape index (κ3) is 7.43. The van der Waals surface area contributed by atoms with Gasteiger partial charge in [-0.15, -0.1) is 5.10 Å². The highest BCUT2D eigenvalue weighted by Crippen LogP contribution is 2.37. The number of morpholine rings is 1. The summed E-state index contributed by atoms with van der Waals surface area (Å²) in [6.07, 6.45) is -4.85. The average molecular weight is 683 g/mol. The zero-order chi connectivity index (χ0) is 34.3. The molecule has 0 spiro atoms. The lowest BCUT2D eigenvalue weighted by molar-refractivity contribution is -0.137. The maximum Gasteiger partial charge on any atom is 0.417 e. The van der Waals surface area contributed by atoms with Gasteiger partial charge in [0, 0.05) is 45.0 Å². The van der Waals surface area contributed by atoms with E-state index in [-0.39, 0.29) is 24.0 Å². The Morgan fingerprint density at radius 3 is 2.30 bits per heavy atom. The number of nitrogens with zero attached hydrogens (tertiary/aromatic N) is 7. The number of aryl methyl sites for hydroxylation is 1. The number of hydrogen-bond acceptors (Lipinski definition) is 9. The summed E-state index contributed by atoms with van der Waals surface area (Å²) in [5.74, 6) is -0.235. The number of ether oxygens (including phenoxy) is 2. The number of rotatable bonds is 6. The fourth-order valence-electron chi connectivity index (χ4n) is 5.61. The summed E-state index contributed by atoms with van der Waals surface area (Å²) in [6, 6.07) is 1.96. The lowest BCUT2D eigenvalue weighted by Gasteiger charge is -2.37. The molecule has 1 N–H and O–H groups in total. The number of carbonyl (C=O) groups excluding carboxylic acids is 2. The SMILES string of the molecule is CCc1c(N2CCN(C(=O)OC(C)(C)C)CC2)c(=O)n2nc(N3CCOCC3)nc2n1CC(=O)Nc1cc(C(F)(F)F)c(Cl)cc1C. The number of benzene rings is 1. The van der Waals surface area contributed by atoms with Crippen molar-refractivity contribution >= 4 is 46.7 Å². The van der Waals surface area contributed by atoms with E-state index in [1.165, 1.54) is 0 Å². The smallest absolute Gasteiger partial charge is 0.417 e. The molecule has 2 amide bonds. The highest BCUT2D eigenvalue weighted by Gasteiger charge is 2.35. The summed E-state index contributed by atoms with van der Waals surface area (Å²) >= 11 is 5.85. The molecule has 2 aliphatic heterocycles. The van der Waals surface area contributed by atoms with Crippen molar-refractivity contribution in [1.29, 1.82) is 0 Å². The van der Waals surface area contributed by atoms with Crippen LogP contribution >= 0.6 is 11.6 Å². The Morgan fingerprint density at radius 1 is 1.04 bits per heavy atom. The number of alkyl halides is 3.